The normalized spacial score (nSPS) is 12.1. The molecule has 6 nitrogen and oxygen atoms in total. The molecule has 3 aromatic rings. The number of hydrogen-bond donors (Lipinski definition) is 2. The molecule has 2 aromatic heterocycles. The van der Waals surface area contributed by atoms with Crippen molar-refractivity contribution in [1.82, 2.24) is 25.2 Å². The van der Waals surface area contributed by atoms with Crippen molar-refractivity contribution in [3.05, 3.63) is 64.5 Å². The molecule has 0 spiro atoms. The highest BCUT2D eigenvalue weighted by Crippen LogP contribution is 2.13. The first-order valence-electron chi connectivity index (χ1n) is 8.22. The smallest absolute Gasteiger partial charge is 0.315 e. The fraction of sp³-hybridized carbons (Fsp3) is 0.278. The Kier molecular flexibility index (Phi) is 5.65. The monoisotopic (exact) mass is 401 g/mol. The van der Waals surface area contributed by atoms with Gasteiger partial charge >= 0.3 is 6.03 Å². The van der Waals surface area contributed by atoms with Crippen molar-refractivity contribution in [1.29, 1.82) is 0 Å². The molecule has 1 unspecified atom stereocenters. The van der Waals surface area contributed by atoms with Gasteiger partial charge < -0.3 is 10.6 Å². The van der Waals surface area contributed by atoms with Gasteiger partial charge in [0.25, 0.3) is 0 Å². The number of nitrogens with zero attached hydrogens (tertiary/aromatic N) is 3. The van der Waals surface area contributed by atoms with Crippen molar-refractivity contribution in [2.75, 3.05) is 6.54 Å². The Hall–Kier alpha value is -2.41. The van der Waals surface area contributed by atoms with Gasteiger partial charge in [-0.2, -0.15) is 0 Å². The molecule has 2 heterocycles. The molecule has 1 aromatic carbocycles. The summed E-state index contributed by atoms with van der Waals surface area (Å²) in [6, 6.07) is 13.5. The maximum Gasteiger partial charge on any atom is 0.315 e. The summed E-state index contributed by atoms with van der Waals surface area (Å²) in [5.41, 5.74) is 2.01. The molecule has 7 heteroatoms. The van der Waals surface area contributed by atoms with E-state index in [2.05, 4.69) is 48.9 Å². The second-order valence-electron chi connectivity index (χ2n) is 5.84. The molecule has 2 amide bonds. The average Bonchev–Trinajstić information content (AvgIpc) is 3.03. The van der Waals surface area contributed by atoms with Gasteiger partial charge in [0.15, 0.2) is 11.5 Å². The van der Waals surface area contributed by atoms with Gasteiger partial charge in [-0.1, -0.05) is 34.1 Å². The minimum atomic E-state index is -0.234. The zero-order chi connectivity index (χ0) is 17.6. The van der Waals surface area contributed by atoms with E-state index < -0.39 is 0 Å². The molecule has 0 aliphatic heterocycles. The lowest BCUT2D eigenvalue weighted by atomic mass is 10.1. The van der Waals surface area contributed by atoms with Crippen molar-refractivity contribution in [3.63, 3.8) is 0 Å². The van der Waals surface area contributed by atoms with Crippen LogP contribution < -0.4 is 10.6 Å². The number of pyridine rings is 1. The molecule has 0 aliphatic carbocycles. The van der Waals surface area contributed by atoms with Crippen LogP contribution in [0.1, 0.15) is 30.8 Å². The summed E-state index contributed by atoms with van der Waals surface area (Å²) in [5, 5.41) is 14.0. The molecular weight excluding hydrogens is 382 g/mol. The third-order valence-corrected chi connectivity index (χ3v) is 4.39. The second-order valence-corrected chi connectivity index (χ2v) is 6.76. The van der Waals surface area contributed by atoms with Gasteiger partial charge in [-0.15, -0.1) is 10.2 Å². The van der Waals surface area contributed by atoms with Gasteiger partial charge in [0.1, 0.15) is 0 Å². The fourth-order valence-electron chi connectivity index (χ4n) is 2.65. The van der Waals surface area contributed by atoms with E-state index in [0.29, 0.717) is 12.4 Å². The minimum Gasteiger partial charge on any atom is -0.338 e. The van der Waals surface area contributed by atoms with Crippen molar-refractivity contribution >= 4 is 27.6 Å². The fourth-order valence-corrected chi connectivity index (χ4v) is 3.10. The molecule has 3 rings (SSSR count). The lowest BCUT2D eigenvalue weighted by Crippen LogP contribution is -2.38. The van der Waals surface area contributed by atoms with Gasteiger partial charge in [-0.3, -0.25) is 4.40 Å². The predicted molar refractivity (Wildman–Crippen MR) is 100 cm³/mol. The summed E-state index contributed by atoms with van der Waals surface area (Å²) in [5.74, 6) is 0.708. The van der Waals surface area contributed by atoms with Crippen molar-refractivity contribution in [2.45, 2.75) is 25.8 Å². The van der Waals surface area contributed by atoms with E-state index in [0.717, 1.165) is 23.0 Å². The number of aryl methyl sites for hydroxylation is 1. The van der Waals surface area contributed by atoms with Crippen LogP contribution in [0, 0.1) is 0 Å². The van der Waals surface area contributed by atoms with Gasteiger partial charge in [0.05, 0.1) is 6.04 Å². The van der Waals surface area contributed by atoms with Crippen LogP contribution in [-0.2, 0) is 6.42 Å². The van der Waals surface area contributed by atoms with Crippen LogP contribution in [0.25, 0.3) is 5.65 Å². The van der Waals surface area contributed by atoms with E-state index in [9.17, 15) is 4.79 Å². The topological polar surface area (TPSA) is 71.3 Å². The molecule has 0 bridgehead atoms. The Balaban J connectivity index is 1.46. The SMILES string of the molecule is CC(NC(=O)NCCCc1cccc(Br)c1)c1nnc2ccccn12. The summed E-state index contributed by atoms with van der Waals surface area (Å²) in [6.07, 6.45) is 3.69. The number of rotatable bonds is 6. The molecule has 0 radical (unpaired) electrons. The van der Waals surface area contributed by atoms with Gasteiger partial charge in [0.2, 0.25) is 0 Å². The van der Waals surface area contributed by atoms with Crippen LogP contribution in [0.15, 0.2) is 53.1 Å². The Morgan fingerprint density at radius 1 is 1.24 bits per heavy atom. The number of benzene rings is 1. The van der Waals surface area contributed by atoms with Gasteiger partial charge in [0, 0.05) is 17.2 Å². The van der Waals surface area contributed by atoms with Crippen LogP contribution in [-0.4, -0.2) is 27.2 Å². The predicted octanol–water partition coefficient (Wildman–Crippen LogP) is 3.48. The Bertz CT molecular complexity index is 863. The van der Waals surface area contributed by atoms with Crippen LogP contribution in [0.2, 0.25) is 0 Å². The first kappa shape index (κ1) is 17.4. The molecule has 25 heavy (non-hydrogen) atoms. The number of amides is 2. The van der Waals surface area contributed by atoms with Crippen LogP contribution >= 0.6 is 15.9 Å². The van der Waals surface area contributed by atoms with E-state index in [-0.39, 0.29) is 12.1 Å². The van der Waals surface area contributed by atoms with E-state index in [1.165, 1.54) is 5.56 Å². The lowest BCUT2D eigenvalue weighted by molar-refractivity contribution is 0.237. The number of fused-ring (bicyclic) bond motifs is 1. The maximum atomic E-state index is 12.1. The zero-order valence-corrected chi connectivity index (χ0v) is 15.5. The van der Waals surface area contributed by atoms with E-state index in [4.69, 9.17) is 0 Å². The molecule has 130 valence electrons. The number of hydrogen-bond acceptors (Lipinski definition) is 3. The Labute approximate surface area is 154 Å². The summed E-state index contributed by atoms with van der Waals surface area (Å²) in [6.45, 7) is 2.51. The first-order chi connectivity index (χ1) is 12.1. The molecule has 1 atom stereocenters. The highest BCUT2D eigenvalue weighted by atomic mass is 79.9. The Morgan fingerprint density at radius 3 is 2.96 bits per heavy atom. The van der Waals surface area contributed by atoms with Gasteiger partial charge in [-0.05, 0) is 49.6 Å². The number of nitrogens with one attached hydrogen (secondary N) is 2. The van der Waals surface area contributed by atoms with Crippen LogP contribution in [0.4, 0.5) is 4.79 Å². The van der Waals surface area contributed by atoms with Crippen molar-refractivity contribution in [2.24, 2.45) is 0 Å². The van der Waals surface area contributed by atoms with Crippen LogP contribution in [0.5, 0.6) is 0 Å². The zero-order valence-electron chi connectivity index (χ0n) is 13.9. The van der Waals surface area contributed by atoms with Gasteiger partial charge in [-0.25, -0.2) is 4.79 Å². The number of carbonyl (C=O) groups excluding carboxylic acids is 1. The van der Waals surface area contributed by atoms with E-state index in [1.807, 2.05) is 47.9 Å². The average molecular weight is 402 g/mol. The summed E-state index contributed by atoms with van der Waals surface area (Å²) in [7, 11) is 0. The molecule has 0 fully saturated rings. The van der Waals surface area contributed by atoms with Crippen molar-refractivity contribution in [3.8, 4) is 0 Å². The van der Waals surface area contributed by atoms with Crippen LogP contribution in [0.3, 0.4) is 0 Å². The highest BCUT2D eigenvalue weighted by molar-refractivity contribution is 9.10. The summed E-state index contributed by atoms with van der Waals surface area (Å²) >= 11 is 3.46. The summed E-state index contributed by atoms with van der Waals surface area (Å²) < 4.78 is 2.95. The standard InChI is InChI=1S/C18H20BrN5O/c1-13(17-23-22-16-9-2-3-11-24(16)17)21-18(25)20-10-5-7-14-6-4-8-15(19)12-14/h2-4,6,8-9,11-13H,5,7,10H2,1H3,(H2,20,21,25). The molecular formula is C18H20BrN5O. The molecule has 0 saturated carbocycles. The third-order valence-electron chi connectivity index (χ3n) is 3.89. The Morgan fingerprint density at radius 2 is 2.12 bits per heavy atom. The quantitative estimate of drug-likeness (QED) is 0.621. The van der Waals surface area contributed by atoms with Crippen molar-refractivity contribution < 1.29 is 4.79 Å². The number of aromatic nitrogens is 3. The maximum absolute atomic E-state index is 12.1. The first-order valence-corrected chi connectivity index (χ1v) is 9.01. The number of halogens is 1. The minimum absolute atomic E-state index is 0.200. The number of carbonyl (C=O) groups is 1. The van der Waals surface area contributed by atoms with E-state index in [1.54, 1.807) is 0 Å². The highest BCUT2D eigenvalue weighted by Gasteiger charge is 2.15. The number of urea groups is 1. The van der Waals surface area contributed by atoms with E-state index >= 15 is 0 Å². The molecule has 0 aliphatic rings. The molecule has 2 N–H and O–H groups in total. The molecule has 0 saturated heterocycles. The third kappa shape index (κ3) is 4.57. The lowest BCUT2D eigenvalue weighted by Gasteiger charge is -2.13. The summed E-state index contributed by atoms with van der Waals surface area (Å²) in [4.78, 5) is 12.1. The largest absolute Gasteiger partial charge is 0.338 e. The second kappa shape index (κ2) is 8.11.